The molecule has 330 valence electrons. The van der Waals surface area contributed by atoms with E-state index in [4.69, 9.17) is 0 Å². The number of nitrogens with zero attached hydrogens (tertiary/aromatic N) is 2. The Hall–Kier alpha value is -1.23. The van der Waals surface area contributed by atoms with Gasteiger partial charge in [-0.15, -0.1) is 0 Å². The second-order valence-corrected chi connectivity index (χ2v) is 18.2. The monoisotopic (exact) mass is 787 g/mol. The minimum absolute atomic E-state index is 0.344. The fraction of sp³-hybridized carbons (Fsp3) is 0.941. The molecule has 56 heavy (non-hydrogen) atoms. The zero-order valence-corrected chi connectivity index (χ0v) is 38.9. The van der Waals surface area contributed by atoms with E-state index in [9.17, 15) is 9.59 Å². The number of rotatable bonds is 45. The van der Waals surface area contributed by atoms with Gasteiger partial charge in [-0.2, -0.15) is 4.57 Å². The van der Waals surface area contributed by atoms with Crippen molar-refractivity contribution < 1.29 is 4.57 Å². The standard InChI is InChI=1S/C51H99N3O2/c1-6-11-14-17-22-29-38-47(37-9-4)39-30-25-20-27-34-44-53(46-36-43-52-50-49(55)51(56)54(50)10-5)45-35-28-21-26-33-42-48(40-31-23-18-15-12-7-2)41-32-24-19-16-13-8-3/h47-48H,6-46H2,1-5H3/p+1. The summed E-state index contributed by atoms with van der Waals surface area (Å²) in [4.78, 5) is 26.6. The lowest BCUT2D eigenvalue weighted by atomic mass is 9.89. The zero-order valence-electron chi connectivity index (χ0n) is 38.9. The van der Waals surface area contributed by atoms with Crippen LogP contribution in [-0.2, 0) is 6.54 Å². The lowest BCUT2D eigenvalue weighted by molar-refractivity contribution is -0.706. The first-order valence-electron chi connectivity index (χ1n) is 25.7. The molecule has 1 aromatic rings. The van der Waals surface area contributed by atoms with E-state index in [1.807, 2.05) is 6.92 Å². The molecule has 1 aromatic heterocycles. The Kier molecular flexibility index (Phi) is 37.0. The van der Waals surface area contributed by atoms with E-state index in [2.05, 4.69) is 37.9 Å². The van der Waals surface area contributed by atoms with Crippen molar-refractivity contribution in [1.29, 1.82) is 0 Å². The molecule has 1 N–H and O–H groups in total. The van der Waals surface area contributed by atoms with Crippen LogP contribution in [0.5, 0.6) is 0 Å². The maximum Gasteiger partial charge on any atom is 0.390 e. The molecule has 0 aromatic carbocycles. The molecule has 0 aliphatic rings. The largest absolute Gasteiger partial charge is 0.390 e. The Morgan fingerprint density at radius 3 is 1.12 bits per heavy atom. The molecular weight excluding hydrogens is 687 g/mol. The van der Waals surface area contributed by atoms with Gasteiger partial charge in [0, 0.05) is 6.54 Å². The molecule has 0 aliphatic heterocycles. The molecule has 0 radical (unpaired) electrons. The minimum Gasteiger partial charge on any atom is -0.303 e. The third kappa shape index (κ3) is 28.2. The summed E-state index contributed by atoms with van der Waals surface area (Å²) >= 11 is 0. The van der Waals surface area contributed by atoms with E-state index in [0.717, 1.165) is 31.3 Å². The van der Waals surface area contributed by atoms with Gasteiger partial charge < -0.3 is 4.90 Å². The summed E-state index contributed by atoms with van der Waals surface area (Å²) in [5.74, 6) is 2.44. The first-order valence-corrected chi connectivity index (χ1v) is 25.7. The maximum absolute atomic E-state index is 12.0. The van der Waals surface area contributed by atoms with Gasteiger partial charge in [0.2, 0.25) is 0 Å². The molecular formula is C51H100N3O2+. The zero-order chi connectivity index (χ0) is 40.7. The summed E-state index contributed by atoms with van der Waals surface area (Å²) in [6.07, 6.45) is 50.5. The first-order chi connectivity index (χ1) is 27.5. The highest BCUT2D eigenvalue weighted by molar-refractivity contribution is 5.28. The summed E-state index contributed by atoms with van der Waals surface area (Å²) in [7, 11) is 0. The Morgan fingerprint density at radius 2 is 0.750 bits per heavy atom. The highest BCUT2D eigenvalue weighted by Gasteiger charge is 2.26. The number of nitrogens with one attached hydrogen (secondary N) is 1. The minimum atomic E-state index is -0.360. The number of unbranched alkanes of at least 4 members (excludes halogenated alkanes) is 23. The van der Waals surface area contributed by atoms with Crippen molar-refractivity contribution in [3.8, 4) is 0 Å². The summed E-state index contributed by atoms with van der Waals surface area (Å²) in [6.45, 7) is 16.0. The summed E-state index contributed by atoms with van der Waals surface area (Å²) in [5.41, 5.74) is -0.704. The van der Waals surface area contributed by atoms with E-state index < -0.39 is 0 Å². The van der Waals surface area contributed by atoms with E-state index in [1.165, 1.54) is 238 Å². The molecule has 0 saturated carbocycles. The van der Waals surface area contributed by atoms with E-state index in [-0.39, 0.29) is 11.0 Å². The number of aromatic nitrogens is 1. The predicted molar refractivity (Wildman–Crippen MR) is 248 cm³/mol. The van der Waals surface area contributed by atoms with Gasteiger partial charge in [0.1, 0.15) is 0 Å². The van der Waals surface area contributed by atoms with Gasteiger partial charge in [0.25, 0.3) is 0 Å². The van der Waals surface area contributed by atoms with Crippen molar-refractivity contribution in [2.24, 2.45) is 11.8 Å². The highest BCUT2D eigenvalue weighted by Crippen LogP contribution is 2.25. The molecule has 1 atom stereocenters. The summed E-state index contributed by atoms with van der Waals surface area (Å²) < 4.78 is 1.57. The highest BCUT2D eigenvalue weighted by atomic mass is 16.2. The predicted octanol–water partition coefficient (Wildman–Crippen LogP) is 14.7. The van der Waals surface area contributed by atoms with Crippen LogP contribution in [0.1, 0.15) is 266 Å². The maximum atomic E-state index is 12.0. The molecule has 0 amide bonds. The Bertz CT molecular complexity index is 1020. The van der Waals surface area contributed by atoms with Crippen LogP contribution in [-0.4, -0.2) is 31.1 Å². The Morgan fingerprint density at radius 1 is 0.411 bits per heavy atom. The third-order valence-electron chi connectivity index (χ3n) is 13.0. The topological polar surface area (TPSA) is 53.3 Å². The number of hydrogen-bond donors (Lipinski definition) is 1. The average Bonchev–Trinajstić information content (AvgIpc) is 3.20. The van der Waals surface area contributed by atoms with Crippen LogP contribution in [0.2, 0.25) is 0 Å². The van der Waals surface area contributed by atoms with Gasteiger partial charge >= 0.3 is 16.8 Å². The second-order valence-electron chi connectivity index (χ2n) is 18.2. The second kappa shape index (κ2) is 39.2. The molecule has 0 aliphatic carbocycles. The molecule has 1 unspecified atom stereocenters. The normalized spacial score (nSPS) is 12.5. The van der Waals surface area contributed by atoms with Gasteiger partial charge in [-0.3, -0.25) is 10.1 Å². The fourth-order valence-corrected chi connectivity index (χ4v) is 9.23. The van der Waals surface area contributed by atoms with E-state index >= 15 is 0 Å². The van der Waals surface area contributed by atoms with Crippen LogP contribution in [0, 0.1) is 11.8 Å². The molecule has 1 heterocycles. The van der Waals surface area contributed by atoms with E-state index in [0.29, 0.717) is 12.4 Å². The van der Waals surface area contributed by atoms with Crippen molar-refractivity contribution in [3.63, 3.8) is 0 Å². The van der Waals surface area contributed by atoms with Crippen LogP contribution in [0.15, 0.2) is 9.59 Å². The Labute approximate surface area is 350 Å². The Balaban J connectivity index is 2.42. The molecule has 0 saturated heterocycles. The fourth-order valence-electron chi connectivity index (χ4n) is 9.23. The van der Waals surface area contributed by atoms with Crippen LogP contribution in [0.3, 0.4) is 0 Å². The lowest BCUT2D eigenvalue weighted by Crippen LogP contribution is -2.66. The van der Waals surface area contributed by atoms with Crippen molar-refractivity contribution in [2.75, 3.05) is 31.5 Å². The van der Waals surface area contributed by atoms with Crippen molar-refractivity contribution >= 4 is 5.82 Å². The summed E-state index contributed by atoms with van der Waals surface area (Å²) in [5, 5.41) is 3.28. The van der Waals surface area contributed by atoms with Crippen LogP contribution in [0.25, 0.3) is 0 Å². The van der Waals surface area contributed by atoms with Crippen molar-refractivity contribution in [2.45, 2.75) is 272 Å². The molecule has 0 fully saturated rings. The molecule has 5 heteroatoms. The van der Waals surface area contributed by atoms with Crippen LogP contribution in [0.4, 0.5) is 5.82 Å². The molecule has 5 nitrogen and oxygen atoms in total. The van der Waals surface area contributed by atoms with Crippen LogP contribution < -0.4 is 20.9 Å². The first kappa shape index (κ1) is 52.8. The molecule has 1 rings (SSSR count). The van der Waals surface area contributed by atoms with Gasteiger partial charge in [-0.1, -0.05) is 240 Å². The van der Waals surface area contributed by atoms with Gasteiger partial charge in [0.15, 0.2) is 0 Å². The summed E-state index contributed by atoms with van der Waals surface area (Å²) in [6, 6.07) is 0. The number of anilines is 1. The van der Waals surface area contributed by atoms with E-state index in [1.54, 1.807) is 4.57 Å². The van der Waals surface area contributed by atoms with Crippen molar-refractivity contribution in [1.82, 2.24) is 4.90 Å². The third-order valence-corrected chi connectivity index (χ3v) is 13.0. The van der Waals surface area contributed by atoms with Crippen molar-refractivity contribution in [3.05, 3.63) is 20.6 Å². The average molecular weight is 787 g/mol. The molecule has 0 bridgehead atoms. The smallest absolute Gasteiger partial charge is 0.303 e. The quantitative estimate of drug-likeness (QED) is 0.0406. The lowest BCUT2D eigenvalue weighted by Gasteiger charge is -2.22. The van der Waals surface area contributed by atoms with Gasteiger partial charge in [-0.05, 0) is 51.1 Å². The van der Waals surface area contributed by atoms with Crippen LogP contribution >= 0.6 is 0 Å². The van der Waals surface area contributed by atoms with Gasteiger partial charge in [0.05, 0.1) is 13.1 Å². The van der Waals surface area contributed by atoms with Gasteiger partial charge in [-0.25, -0.2) is 4.79 Å². The SMILES string of the molecule is CCCCCCCCC(CCC)CCCCCCCN(CCCCCCCC(CCCCCCCC)CCCCCCCC)CCCNc1c(=O)c(=O)[n+]1CC. The number of hydrogen-bond acceptors (Lipinski definition) is 4. The molecule has 0 spiro atoms.